The van der Waals surface area contributed by atoms with E-state index in [9.17, 15) is 0 Å². The molecule has 1 rings (SSSR count). The van der Waals surface area contributed by atoms with E-state index in [4.69, 9.17) is 0 Å². The van der Waals surface area contributed by atoms with Crippen LogP contribution in [0.15, 0.2) is 12.3 Å². The average molecular weight is 125 g/mol. The number of nitrogens with zero attached hydrogens (tertiary/aromatic N) is 1. The van der Waals surface area contributed by atoms with E-state index in [-0.39, 0.29) is 0 Å². The number of hydrogen-bond donors (Lipinski definition) is 0. The molecule has 0 atom stereocenters. The van der Waals surface area contributed by atoms with Gasteiger partial charge in [0, 0.05) is 13.1 Å². The highest BCUT2D eigenvalue weighted by Crippen LogP contribution is 2.06. The Kier molecular flexibility index (Phi) is 2.62. The summed E-state index contributed by atoms with van der Waals surface area (Å²) in [6.45, 7) is 4.72. The Hall–Kier alpha value is -0.460. The summed E-state index contributed by atoms with van der Waals surface area (Å²) in [7, 11) is 0. The summed E-state index contributed by atoms with van der Waals surface area (Å²) in [4.78, 5) is 2.39. The molecule has 52 valence electrons. The van der Waals surface area contributed by atoms with E-state index in [1.54, 1.807) is 0 Å². The van der Waals surface area contributed by atoms with E-state index in [1.165, 1.54) is 25.9 Å². The second-order valence-corrected chi connectivity index (χ2v) is 2.54. The molecule has 1 aliphatic heterocycles. The molecule has 1 saturated heterocycles. The van der Waals surface area contributed by atoms with Crippen molar-refractivity contribution in [1.29, 1.82) is 0 Å². The Morgan fingerprint density at radius 1 is 1.33 bits per heavy atom. The van der Waals surface area contributed by atoms with Crippen LogP contribution >= 0.6 is 0 Å². The zero-order valence-electron chi connectivity index (χ0n) is 6.14. The van der Waals surface area contributed by atoms with Gasteiger partial charge in [0.25, 0.3) is 0 Å². The van der Waals surface area contributed by atoms with Crippen LogP contribution in [0, 0.1) is 0 Å². The van der Waals surface area contributed by atoms with Crippen molar-refractivity contribution in [2.24, 2.45) is 0 Å². The van der Waals surface area contributed by atoms with E-state index in [1.807, 2.05) is 0 Å². The Morgan fingerprint density at radius 3 is 2.56 bits per heavy atom. The number of likely N-dealkylation sites (tertiary alicyclic amines) is 1. The Bertz CT molecular complexity index is 90.7. The smallest absolute Gasteiger partial charge is 0.0173 e. The maximum atomic E-state index is 2.39. The molecule has 0 bridgehead atoms. The molecule has 0 N–H and O–H groups in total. The molecule has 0 aromatic heterocycles. The normalized spacial score (nSPS) is 19.9. The lowest BCUT2D eigenvalue weighted by Gasteiger charge is -2.09. The minimum Gasteiger partial charge on any atom is -0.378 e. The first-order chi connectivity index (χ1) is 4.43. The Morgan fingerprint density at radius 2 is 2.00 bits per heavy atom. The van der Waals surface area contributed by atoms with Crippen LogP contribution in [0.1, 0.15) is 26.2 Å². The van der Waals surface area contributed by atoms with Gasteiger partial charge < -0.3 is 4.90 Å². The first kappa shape index (κ1) is 6.66. The van der Waals surface area contributed by atoms with Crippen LogP contribution in [0.4, 0.5) is 0 Å². The van der Waals surface area contributed by atoms with Crippen LogP contribution in [0.2, 0.25) is 0 Å². The summed E-state index contributed by atoms with van der Waals surface area (Å²) < 4.78 is 0. The maximum absolute atomic E-state index is 2.39. The van der Waals surface area contributed by atoms with Crippen molar-refractivity contribution in [2.75, 3.05) is 13.1 Å². The fraction of sp³-hybridized carbons (Fsp3) is 0.750. The Balaban J connectivity index is 2.18. The van der Waals surface area contributed by atoms with Gasteiger partial charge in [0.05, 0.1) is 0 Å². The van der Waals surface area contributed by atoms with Crippen molar-refractivity contribution in [3.05, 3.63) is 12.3 Å². The fourth-order valence-electron chi connectivity index (χ4n) is 1.15. The zero-order valence-corrected chi connectivity index (χ0v) is 6.14. The molecule has 0 unspecified atom stereocenters. The molecular weight excluding hydrogens is 110 g/mol. The molecule has 0 aromatic carbocycles. The molecule has 1 heteroatoms. The highest BCUT2D eigenvalue weighted by Gasteiger charge is 2.04. The van der Waals surface area contributed by atoms with Crippen molar-refractivity contribution >= 4 is 0 Å². The van der Waals surface area contributed by atoms with E-state index in [0.29, 0.717) is 0 Å². The topological polar surface area (TPSA) is 3.24 Å². The fourth-order valence-corrected chi connectivity index (χ4v) is 1.15. The summed E-state index contributed by atoms with van der Waals surface area (Å²) in [5, 5.41) is 0. The monoisotopic (exact) mass is 125 g/mol. The number of allylic oxidation sites excluding steroid dienone is 1. The minimum absolute atomic E-state index is 1.16. The SMILES string of the molecule is CCC=CN1CCCC1. The lowest BCUT2D eigenvalue weighted by Crippen LogP contribution is -2.09. The van der Waals surface area contributed by atoms with Gasteiger partial charge in [-0.1, -0.05) is 13.0 Å². The van der Waals surface area contributed by atoms with Crippen molar-refractivity contribution < 1.29 is 0 Å². The van der Waals surface area contributed by atoms with Gasteiger partial charge in [0.2, 0.25) is 0 Å². The summed E-state index contributed by atoms with van der Waals surface area (Å²) in [5.74, 6) is 0. The Labute approximate surface area is 57.4 Å². The summed E-state index contributed by atoms with van der Waals surface area (Å²) >= 11 is 0. The first-order valence-electron chi connectivity index (χ1n) is 3.84. The van der Waals surface area contributed by atoms with Gasteiger partial charge in [-0.05, 0) is 25.5 Å². The van der Waals surface area contributed by atoms with Gasteiger partial charge in [0.15, 0.2) is 0 Å². The van der Waals surface area contributed by atoms with Crippen LogP contribution in [-0.4, -0.2) is 18.0 Å². The summed E-state index contributed by atoms with van der Waals surface area (Å²) in [6, 6.07) is 0. The zero-order chi connectivity index (χ0) is 6.53. The molecule has 1 aliphatic rings. The predicted molar refractivity (Wildman–Crippen MR) is 40.2 cm³/mol. The lowest BCUT2D eigenvalue weighted by molar-refractivity contribution is 0.466. The van der Waals surface area contributed by atoms with Crippen molar-refractivity contribution in [1.82, 2.24) is 4.90 Å². The molecule has 0 radical (unpaired) electrons. The third-order valence-electron chi connectivity index (χ3n) is 1.69. The molecule has 0 aromatic rings. The van der Waals surface area contributed by atoms with Gasteiger partial charge in [-0.15, -0.1) is 0 Å². The van der Waals surface area contributed by atoms with Gasteiger partial charge in [-0.2, -0.15) is 0 Å². The maximum Gasteiger partial charge on any atom is 0.0173 e. The third kappa shape index (κ3) is 2.08. The molecule has 1 heterocycles. The van der Waals surface area contributed by atoms with Gasteiger partial charge in [-0.25, -0.2) is 0 Å². The summed E-state index contributed by atoms with van der Waals surface area (Å²) in [6.07, 6.45) is 8.39. The summed E-state index contributed by atoms with van der Waals surface area (Å²) in [5.41, 5.74) is 0. The van der Waals surface area contributed by atoms with E-state index in [0.717, 1.165) is 6.42 Å². The van der Waals surface area contributed by atoms with Crippen molar-refractivity contribution in [3.8, 4) is 0 Å². The molecule has 0 amide bonds. The van der Waals surface area contributed by atoms with Crippen LogP contribution in [0.3, 0.4) is 0 Å². The molecule has 1 fully saturated rings. The van der Waals surface area contributed by atoms with Crippen LogP contribution in [0.25, 0.3) is 0 Å². The van der Waals surface area contributed by atoms with Crippen LogP contribution in [0.5, 0.6) is 0 Å². The van der Waals surface area contributed by atoms with E-state index >= 15 is 0 Å². The van der Waals surface area contributed by atoms with Crippen LogP contribution < -0.4 is 0 Å². The molecular formula is C8H15N. The first-order valence-corrected chi connectivity index (χ1v) is 3.84. The van der Waals surface area contributed by atoms with Crippen molar-refractivity contribution in [2.45, 2.75) is 26.2 Å². The van der Waals surface area contributed by atoms with Crippen LogP contribution in [-0.2, 0) is 0 Å². The highest BCUT2D eigenvalue weighted by molar-refractivity contribution is 4.83. The average Bonchev–Trinajstić information content (AvgIpc) is 2.34. The van der Waals surface area contributed by atoms with Gasteiger partial charge in [0.1, 0.15) is 0 Å². The second-order valence-electron chi connectivity index (χ2n) is 2.54. The minimum atomic E-state index is 1.16. The molecule has 1 nitrogen and oxygen atoms in total. The van der Waals surface area contributed by atoms with E-state index in [2.05, 4.69) is 24.1 Å². The van der Waals surface area contributed by atoms with Gasteiger partial charge >= 0.3 is 0 Å². The lowest BCUT2D eigenvalue weighted by atomic mass is 10.4. The number of rotatable bonds is 2. The highest BCUT2D eigenvalue weighted by atomic mass is 15.1. The standard InChI is InChI=1S/C8H15N/c1-2-3-6-9-7-4-5-8-9/h3,6H,2,4-5,7-8H2,1H3. The number of hydrogen-bond acceptors (Lipinski definition) is 1. The quantitative estimate of drug-likeness (QED) is 0.545. The molecule has 0 spiro atoms. The van der Waals surface area contributed by atoms with Gasteiger partial charge in [-0.3, -0.25) is 0 Å². The molecule has 0 saturated carbocycles. The third-order valence-corrected chi connectivity index (χ3v) is 1.69. The predicted octanol–water partition coefficient (Wildman–Crippen LogP) is 2.01. The van der Waals surface area contributed by atoms with E-state index < -0.39 is 0 Å². The molecule has 0 aliphatic carbocycles. The largest absolute Gasteiger partial charge is 0.378 e. The van der Waals surface area contributed by atoms with Crippen molar-refractivity contribution in [3.63, 3.8) is 0 Å². The second kappa shape index (κ2) is 3.54. The molecule has 9 heavy (non-hydrogen) atoms.